The minimum atomic E-state index is -0.287. The molecule has 0 aliphatic heterocycles. The van der Waals surface area contributed by atoms with E-state index in [2.05, 4.69) is 4.90 Å². The first kappa shape index (κ1) is 11.1. The van der Waals surface area contributed by atoms with Crippen molar-refractivity contribution in [1.29, 1.82) is 0 Å². The minimum Gasteiger partial charge on any atom is -0.358 e. The molecule has 0 fully saturated rings. The van der Waals surface area contributed by atoms with E-state index in [0.29, 0.717) is 0 Å². The average Bonchev–Trinajstić information content (AvgIpc) is 2.00. The molecule has 0 N–H and O–H groups in total. The second-order valence-corrected chi connectivity index (χ2v) is 4.62. The van der Waals surface area contributed by atoms with Crippen LogP contribution in [0.2, 0.25) is 0 Å². The summed E-state index contributed by atoms with van der Waals surface area (Å²) < 4.78 is 10.5. The van der Waals surface area contributed by atoms with Gasteiger partial charge in [0.25, 0.3) is 0 Å². The zero-order valence-corrected chi connectivity index (χ0v) is 10.2. The van der Waals surface area contributed by atoms with Crippen LogP contribution in [0.3, 0.4) is 0 Å². The lowest BCUT2D eigenvalue weighted by molar-refractivity contribution is -0.147. The highest BCUT2D eigenvalue weighted by Crippen LogP contribution is 2.10. The quantitative estimate of drug-likeness (QED) is 0.407. The fourth-order valence-electron chi connectivity index (χ4n) is 0.714. The van der Waals surface area contributed by atoms with Crippen molar-refractivity contribution in [1.82, 2.24) is 4.90 Å². The van der Waals surface area contributed by atoms with Gasteiger partial charge in [0.1, 0.15) is 5.41 Å². The van der Waals surface area contributed by atoms with Crippen molar-refractivity contribution < 1.29 is 9.47 Å². The third kappa shape index (κ3) is 4.52. The Bertz CT molecular complexity index is 105. The molecule has 0 rings (SSSR count). The molecule has 0 radical (unpaired) electrons. The fraction of sp³-hybridized carbons (Fsp3) is 1.00. The van der Waals surface area contributed by atoms with Crippen LogP contribution in [0.15, 0.2) is 0 Å². The number of hydrogen-bond donors (Lipinski definition) is 0. The third-order valence-corrected chi connectivity index (χ3v) is 3.19. The van der Waals surface area contributed by atoms with E-state index in [-0.39, 0.29) is 5.41 Å². The molecular formula is C7H19NO2Si. The van der Waals surface area contributed by atoms with Gasteiger partial charge in [0.2, 0.25) is 0 Å². The van der Waals surface area contributed by atoms with Crippen LogP contribution >= 0.6 is 0 Å². The Morgan fingerprint density at radius 1 is 1.27 bits per heavy atom. The first-order chi connectivity index (χ1) is 5.04. The predicted octanol–water partition coefficient (Wildman–Crippen LogP) is -0.750. The second kappa shape index (κ2) is 4.87. The van der Waals surface area contributed by atoms with Crippen molar-refractivity contribution in [2.45, 2.75) is 11.8 Å². The molecule has 3 nitrogen and oxygen atoms in total. The van der Waals surface area contributed by atoms with Crippen LogP contribution in [0.25, 0.3) is 0 Å². The summed E-state index contributed by atoms with van der Waals surface area (Å²) in [5, 5.41) is 0. The van der Waals surface area contributed by atoms with Crippen LogP contribution in [0.5, 0.6) is 0 Å². The van der Waals surface area contributed by atoms with Gasteiger partial charge in [-0.05, 0) is 14.1 Å². The molecule has 0 heterocycles. The largest absolute Gasteiger partial charge is 0.358 e. The molecule has 0 spiro atoms. The van der Waals surface area contributed by atoms with Gasteiger partial charge in [-0.1, -0.05) is 0 Å². The van der Waals surface area contributed by atoms with E-state index in [9.17, 15) is 0 Å². The highest BCUT2D eigenvalue weighted by Gasteiger charge is 2.21. The monoisotopic (exact) mass is 177 g/mol. The molecule has 11 heavy (non-hydrogen) atoms. The van der Waals surface area contributed by atoms with E-state index in [0.717, 1.165) is 23.2 Å². The van der Waals surface area contributed by atoms with E-state index in [1.54, 1.807) is 14.2 Å². The highest BCUT2D eigenvalue weighted by atomic mass is 28.1. The molecule has 0 saturated heterocycles. The standard InChI is InChI=1S/C7H19NO2Si/c1-8(2)6-5-7(11,9-3)10-4/h5-6H2,1-4,11H3. The van der Waals surface area contributed by atoms with Gasteiger partial charge in [0, 0.05) is 27.2 Å². The lowest BCUT2D eigenvalue weighted by atomic mass is 10.4. The maximum atomic E-state index is 5.25. The summed E-state index contributed by atoms with van der Waals surface area (Å²) in [5.74, 6) is 0. The predicted molar refractivity (Wildman–Crippen MR) is 49.9 cm³/mol. The lowest BCUT2D eigenvalue weighted by Gasteiger charge is -2.27. The molecule has 0 amide bonds. The van der Waals surface area contributed by atoms with Crippen molar-refractivity contribution >= 4 is 10.2 Å². The van der Waals surface area contributed by atoms with Gasteiger partial charge in [-0.15, -0.1) is 0 Å². The van der Waals surface area contributed by atoms with Crippen LogP contribution < -0.4 is 0 Å². The molecule has 68 valence electrons. The molecule has 0 aromatic carbocycles. The average molecular weight is 177 g/mol. The van der Waals surface area contributed by atoms with Crippen molar-refractivity contribution in [2.24, 2.45) is 0 Å². The molecule has 0 atom stereocenters. The fourth-order valence-corrected chi connectivity index (χ4v) is 0.938. The summed E-state index contributed by atoms with van der Waals surface area (Å²) in [6, 6.07) is 0. The number of hydrogen-bond acceptors (Lipinski definition) is 3. The highest BCUT2D eigenvalue weighted by molar-refractivity contribution is 6.13. The number of methoxy groups -OCH3 is 2. The molecule has 0 aliphatic rings. The molecule has 0 saturated carbocycles. The third-order valence-electron chi connectivity index (χ3n) is 1.88. The van der Waals surface area contributed by atoms with Crippen molar-refractivity contribution in [3.8, 4) is 0 Å². The van der Waals surface area contributed by atoms with Crippen LogP contribution in [0, 0.1) is 0 Å². The van der Waals surface area contributed by atoms with Gasteiger partial charge in [0.15, 0.2) is 0 Å². The maximum absolute atomic E-state index is 5.25. The summed E-state index contributed by atoms with van der Waals surface area (Å²) in [5.41, 5.74) is -0.287. The van der Waals surface area contributed by atoms with Gasteiger partial charge < -0.3 is 14.4 Å². The van der Waals surface area contributed by atoms with Crippen molar-refractivity contribution in [3.05, 3.63) is 0 Å². The molecule has 0 bridgehead atoms. The van der Waals surface area contributed by atoms with Gasteiger partial charge in [-0.3, -0.25) is 0 Å². The van der Waals surface area contributed by atoms with E-state index in [4.69, 9.17) is 9.47 Å². The van der Waals surface area contributed by atoms with Gasteiger partial charge in [-0.25, -0.2) is 0 Å². The summed E-state index contributed by atoms with van der Waals surface area (Å²) in [6.45, 7) is 1.01. The molecular weight excluding hydrogens is 158 g/mol. The molecule has 0 aromatic rings. The Kier molecular flexibility index (Phi) is 4.91. The van der Waals surface area contributed by atoms with Crippen molar-refractivity contribution in [2.75, 3.05) is 34.9 Å². The topological polar surface area (TPSA) is 21.7 Å². The first-order valence-electron chi connectivity index (χ1n) is 3.79. The Morgan fingerprint density at radius 2 is 1.73 bits per heavy atom. The SMILES string of the molecule is COC([SiH3])(CCN(C)C)OC. The first-order valence-corrected chi connectivity index (χ1v) is 4.79. The smallest absolute Gasteiger partial charge is 0.142 e. The summed E-state index contributed by atoms with van der Waals surface area (Å²) in [6.07, 6.45) is 0.944. The van der Waals surface area contributed by atoms with Crippen molar-refractivity contribution in [3.63, 3.8) is 0 Å². The summed E-state index contributed by atoms with van der Waals surface area (Å²) in [7, 11) is 8.40. The second-order valence-electron chi connectivity index (χ2n) is 3.10. The number of nitrogens with zero attached hydrogens (tertiary/aromatic N) is 1. The molecule has 0 aromatic heterocycles. The lowest BCUT2D eigenvalue weighted by Crippen LogP contribution is -2.37. The van der Waals surface area contributed by atoms with Crippen LogP contribution in [-0.4, -0.2) is 55.4 Å². The van der Waals surface area contributed by atoms with E-state index >= 15 is 0 Å². The molecule has 4 heteroatoms. The Labute approximate surface area is 72.1 Å². The van der Waals surface area contributed by atoms with Gasteiger partial charge in [0.05, 0.1) is 10.2 Å². The molecule has 0 unspecified atom stereocenters. The van der Waals surface area contributed by atoms with Gasteiger partial charge >= 0.3 is 0 Å². The Hall–Kier alpha value is 0.0969. The van der Waals surface area contributed by atoms with Crippen LogP contribution in [-0.2, 0) is 9.47 Å². The van der Waals surface area contributed by atoms with E-state index in [1.165, 1.54) is 0 Å². The minimum absolute atomic E-state index is 0.287. The van der Waals surface area contributed by atoms with E-state index in [1.807, 2.05) is 14.1 Å². The van der Waals surface area contributed by atoms with Crippen LogP contribution in [0.1, 0.15) is 6.42 Å². The van der Waals surface area contributed by atoms with E-state index < -0.39 is 0 Å². The number of rotatable bonds is 5. The van der Waals surface area contributed by atoms with Gasteiger partial charge in [-0.2, -0.15) is 0 Å². The Morgan fingerprint density at radius 3 is 2.00 bits per heavy atom. The Balaban J connectivity index is 3.69. The van der Waals surface area contributed by atoms with Crippen LogP contribution in [0.4, 0.5) is 0 Å². The summed E-state index contributed by atoms with van der Waals surface area (Å²) in [4.78, 5) is 2.13. The zero-order valence-electron chi connectivity index (χ0n) is 8.18. The number of ether oxygens (including phenoxy) is 2. The summed E-state index contributed by atoms with van der Waals surface area (Å²) >= 11 is 0. The normalized spacial score (nSPS) is 12.8. The molecule has 0 aliphatic carbocycles. The zero-order chi connectivity index (χ0) is 8.91. The maximum Gasteiger partial charge on any atom is 0.142 e.